The molecular formula is C7H8ClNO. The normalized spacial score (nSPS) is 23.4. The van der Waals surface area contributed by atoms with Gasteiger partial charge in [-0.3, -0.25) is 4.79 Å². The van der Waals surface area contributed by atoms with Gasteiger partial charge in [-0.15, -0.1) is 0 Å². The molecule has 1 N–H and O–H groups in total. The predicted octanol–water partition coefficient (Wildman–Crippen LogP) is 1.18. The molecule has 0 radical (unpaired) electrons. The maximum Gasteiger partial charge on any atom is 0.161 e. The molecule has 1 rings (SSSR count). The number of nitrogens with one attached hydrogen (secondary N) is 1. The lowest BCUT2D eigenvalue weighted by molar-refractivity contribution is -0.113. The molecule has 0 amide bonds. The van der Waals surface area contributed by atoms with Crippen LogP contribution in [0.4, 0.5) is 0 Å². The van der Waals surface area contributed by atoms with Gasteiger partial charge in [0.25, 0.3) is 0 Å². The standard InChI is InChI=1S/C7H8ClNO/c1-5(10)6-2-3-7(8)9-4-6/h2-4,7,9H,1H3. The zero-order valence-electron chi connectivity index (χ0n) is 5.60. The molecule has 1 heterocycles. The molecule has 0 spiro atoms. The number of allylic oxidation sites excluding steroid dienone is 2. The third-order valence-electron chi connectivity index (χ3n) is 1.25. The molecule has 3 heteroatoms. The number of carbonyl (C=O) groups excluding carboxylic acids is 1. The fraction of sp³-hybridized carbons (Fsp3) is 0.286. The number of rotatable bonds is 1. The SMILES string of the molecule is CC(=O)C1=CNC(Cl)C=C1. The largest absolute Gasteiger partial charge is 0.371 e. The molecule has 1 atom stereocenters. The lowest BCUT2D eigenvalue weighted by Crippen LogP contribution is -2.19. The van der Waals surface area contributed by atoms with Crippen molar-refractivity contribution in [2.45, 2.75) is 12.4 Å². The van der Waals surface area contributed by atoms with Crippen molar-refractivity contribution in [3.63, 3.8) is 0 Å². The Hall–Kier alpha value is -0.760. The van der Waals surface area contributed by atoms with E-state index >= 15 is 0 Å². The van der Waals surface area contributed by atoms with Crippen LogP contribution in [0.2, 0.25) is 0 Å². The Balaban J connectivity index is 2.67. The average Bonchev–Trinajstić information content (AvgIpc) is 1.88. The second kappa shape index (κ2) is 2.88. The van der Waals surface area contributed by atoms with Gasteiger partial charge in [0, 0.05) is 11.8 Å². The summed E-state index contributed by atoms with van der Waals surface area (Å²) >= 11 is 5.63. The van der Waals surface area contributed by atoms with E-state index in [2.05, 4.69) is 5.32 Å². The first-order valence-corrected chi connectivity index (χ1v) is 3.43. The third-order valence-corrected chi connectivity index (χ3v) is 1.52. The monoisotopic (exact) mass is 157 g/mol. The zero-order chi connectivity index (χ0) is 7.56. The van der Waals surface area contributed by atoms with Crippen LogP contribution in [0, 0.1) is 0 Å². The summed E-state index contributed by atoms with van der Waals surface area (Å²) in [5.74, 6) is 0.0484. The van der Waals surface area contributed by atoms with Gasteiger partial charge in [0.15, 0.2) is 5.78 Å². The summed E-state index contributed by atoms with van der Waals surface area (Å²) < 4.78 is 0. The smallest absolute Gasteiger partial charge is 0.161 e. The molecular weight excluding hydrogens is 150 g/mol. The van der Waals surface area contributed by atoms with E-state index in [0.717, 1.165) is 0 Å². The lowest BCUT2D eigenvalue weighted by atomic mass is 10.1. The molecule has 0 aromatic carbocycles. The van der Waals surface area contributed by atoms with Crippen molar-refractivity contribution in [3.8, 4) is 0 Å². The first-order chi connectivity index (χ1) is 4.70. The minimum absolute atomic E-state index is 0.0484. The van der Waals surface area contributed by atoms with Crippen LogP contribution in [0.5, 0.6) is 0 Å². The molecule has 0 aliphatic carbocycles. The van der Waals surface area contributed by atoms with E-state index in [1.807, 2.05) is 0 Å². The van der Waals surface area contributed by atoms with Gasteiger partial charge >= 0.3 is 0 Å². The van der Waals surface area contributed by atoms with Crippen molar-refractivity contribution >= 4 is 17.4 Å². The minimum atomic E-state index is -0.178. The van der Waals surface area contributed by atoms with E-state index in [0.29, 0.717) is 5.57 Å². The van der Waals surface area contributed by atoms with Crippen molar-refractivity contribution < 1.29 is 4.79 Å². The summed E-state index contributed by atoms with van der Waals surface area (Å²) in [5.41, 5.74) is 0.486. The van der Waals surface area contributed by atoms with Gasteiger partial charge in [-0.2, -0.15) is 0 Å². The number of hydrogen-bond acceptors (Lipinski definition) is 2. The molecule has 0 fully saturated rings. The van der Waals surface area contributed by atoms with Crippen molar-refractivity contribution in [3.05, 3.63) is 23.9 Å². The number of ketones is 1. The Morgan fingerprint density at radius 3 is 2.90 bits per heavy atom. The van der Waals surface area contributed by atoms with E-state index < -0.39 is 0 Å². The highest BCUT2D eigenvalue weighted by Gasteiger charge is 2.05. The Morgan fingerprint density at radius 1 is 1.80 bits per heavy atom. The van der Waals surface area contributed by atoms with Gasteiger partial charge in [-0.1, -0.05) is 17.7 Å². The summed E-state index contributed by atoms with van der Waals surface area (Å²) in [5, 5.41) is 2.81. The van der Waals surface area contributed by atoms with Gasteiger partial charge < -0.3 is 5.32 Å². The molecule has 1 aliphatic heterocycles. The molecule has 54 valence electrons. The molecule has 1 aliphatic rings. The van der Waals surface area contributed by atoms with E-state index in [1.54, 1.807) is 18.4 Å². The number of Topliss-reactive ketones (excluding diaryl/α,β-unsaturated/α-hetero) is 1. The topological polar surface area (TPSA) is 29.1 Å². The van der Waals surface area contributed by atoms with Crippen molar-refractivity contribution in [1.29, 1.82) is 0 Å². The second-order valence-electron chi connectivity index (χ2n) is 2.08. The van der Waals surface area contributed by atoms with E-state index in [-0.39, 0.29) is 11.3 Å². The molecule has 2 nitrogen and oxygen atoms in total. The highest BCUT2D eigenvalue weighted by atomic mass is 35.5. The van der Waals surface area contributed by atoms with Crippen LogP contribution >= 0.6 is 11.6 Å². The van der Waals surface area contributed by atoms with Crippen LogP contribution in [0.15, 0.2) is 23.9 Å². The molecule has 10 heavy (non-hydrogen) atoms. The molecule has 0 aromatic heterocycles. The first-order valence-electron chi connectivity index (χ1n) is 2.99. The molecule has 0 saturated carbocycles. The first kappa shape index (κ1) is 7.35. The molecule has 1 unspecified atom stereocenters. The number of carbonyl (C=O) groups is 1. The fourth-order valence-corrected chi connectivity index (χ4v) is 0.816. The van der Waals surface area contributed by atoms with Crippen molar-refractivity contribution in [1.82, 2.24) is 5.32 Å². The Labute approximate surface area is 64.6 Å². The quantitative estimate of drug-likeness (QED) is 0.458. The summed E-state index contributed by atoms with van der Waals surface area (Å²) in [6, 6.07) is 0. The van der Waals surface area contributed by atoms with E-state index in [1.165, 1.54) is 6.92 Å². The Bertz CT molecular complexity index is 208. The predicted molar refractivity (Wildman–Crippen MR) is 40.7 cm³/mol. The van der Waals surface area contributed by atoms with Crippen molar-refractivity contribution in [2.24, 2.45) is 0 Å². The Kier molecular flexibility index (Phi) is 2.12. The number of alkyl halides is 1. The molecule has 0 bridgehead atoms. The fourth-order valence-electron chi connectivity index (χ4n) is 0.680. The molecule has 0 saturated heterocycles. The van der Waals surface area contributed by atoms with Crippen LogP contribution in [0.1, 0.15) is 6.92 Å². The average molecular weight is 158 g/mol. The van der Waals surface area contributed by atoms with Crippen LogP contribution < -0.4 is 5.32 Å². The van der Waals surface area contributed by atoms with Gasteiger partial charge in [0.05, 0.1) is 0 Å². The zero-order valence-corrected chi connectivity index (χ0v) is 6.35. The maximum atomic E-state index is 10.7. The van der Waals surface area contributed by atoms with Crippen LogP contribution in [-0.4, -0.2) is 11.3 Å². The third kappa shape index (κ3) is 1.61. The number of halogens is 1. The van der Waals surface area contributed by atoms with Crippen LogP contribution in [0.25, 0.3) is 0 Å². The summed E-state index contributed by atoms with van der Waals surface area (Å²) in [7, 11) is 0. The van der Waals surface area contributed by atoms with Crippen LogP contribution in [0.3, 0.4) is 0 Å². The lowest BCUT2D eigenvalue weighted by Gasteiger charge is -2.10. The van der Waals surface area contributed by atoms with E-state index in [4.69, 9.17) is 11.6 Å². The second-order valence-corrected chi connectivity index (χ2v) is 2.55. The number of dihydropyridines is 1. The maximum absolute atomic E-state index is 10.7. The van der Waals surface area contributed by atoms with Gasteiger partial charge in [-0.25, -0.2) is 0 Å². The van der Waals surface area contributed by atoms with Gasteiger partial charge in [-0.05, 0) is 13.0 Å². The van der Waals surface area contributed by atoms with E-state index in [9.17, 15) is 4.79 Å². The van der Waals surface area contributed by atoms with Gasteiger partial charge in [0.2, 0.25) is 0 Å². The minimum Gasteiger partial charge on any atom is -0.371 e. The van der Waals surface area contributed by atoms with Crippen molar-refractivity contribution in [2.75, 3.05) is 0 Å². The molecule has 0 aromatic rings. The highest BCUT2D eigenvalue weighted by Crippen LogP contribution is 2.06. The van der Waals surface area contributed by atoms with Gasteiger partial charge in [0.1, 0.15) is 5.50 Å². The van der Waals surface area contributed by atoms with Crippen LogP contribution in [-0.2, 0) is 4.79 Å². The highest BCUT2D eigenvalue weighted by molar-refractivity contribution is 6.21. The Morgan fingerprint density at radius 2 is 2.50 bits per heavy atom. The summed E-state index contributed by atoms with van der Waals surface area (Å²) in [4.78, 5) is 10.7. The summed E-state index contributed by atoms with van der Waals surface area (Å²) in [6.45, 7) is 1.52. The number of hydrogen-bond donors (Lipinski definition) is 1. The summed E-state index contributed by atoms with van der Waals surface area (Å²) in [6.07, 6.45) is 5.08.